The number of fused-ring (bicyclic) bond motifs is 1. The maximum absolute atomic E-state index is 12.6. The van der Waals surface area contributed by atoms with E-state index in [-0.39, 0.29) is 11.9 Å². The molecule has 0 bridgehead atoms. The average Bonchev–Trinajstić information content (AvgIpc) is 3.08. The van der Waals surface area contributed by atoms with Crippen LogP contribution in [0, 0.1) is 0 Å². The first kappa shape index (κ1) is 22.3. The molecule has 8 nitrogen and oxygen atoms in total. The number of hydrogen-bond donors (Lipinski definition) is 1. The zero-order chi connectivity index (χ0) is 22.8. The van der Waals surface area contributed by atoms with Crippen molar-refractivity contribution >= 4 is 44.6 Å². The summed E-state index contributed by atoms with van der Waals surface area (Å²) < 4.78 is 3.01. The van der Waals surface area contributed by atoms with Crippen molar-refractivity contribution in [2.24, 2.45) is 7.05 Å². The second kappa shape index (κ2) is 9.30. The van der Waals surface area contributed by atoms with Crippen molar-refractivity contribution in [3.8, 4) is 0 Å². The molecule has 3 aromatic rings. The fraction of sp³-hybridized carbons (Fsp3) is 0.348. The number of carbonyl (C=O) groups excluding carboxylic acids is 2. The summed E-state index contributed by atoms with van der Waals surface area (Å²) in [5, 5.41) is 2.96. The molecule has 1 aromatic heterocycles. The molecule has 2 aromatic carbocycles. The highest BCUT2D eigenvalue weighted by Crippen LogP contribution is 2.20. The molecule has 3 amide bonds. The molecule has 1 fully saturated rings. The van der Waals surface area contributed by atoms with Gasteiger partial charge in [-0.1, -0.05) is 22.0 Å². The van der Waals surface area contributed by atoms with Gasteiger partial charge in [0, 0.05) is 63.0 Å². The standard InChI is InChI=1S/C23H27BrN6O2/c1-27(2)22(31)16-7-8-20-19(13-16)26-21(28(20)3)15-29-9-11-30(12-10-29)23(32)25-18-6-4-5-17(24)14-18/h4-8,13-14H,9-12,15H2,1-3H3,(H,25,32). The minimum atomic E-state index is -0.0800. The summed E-state index contributed by atoms with van der Waals surface area (Å²) in [7, 11) is 5.49. The number of imidazole rings is 1. The van der Waals surface area contributed by atoms with Gasteiger partial charge >= 0.3 is 6.03 Å². The number of amides is 3. The van der Waals surface area contributed by atoms with Gasteiger partial charge in [0.1, 0.15) is 5.82 Å². The van der Waals surface area contributed by atoms with Gasteiger partial charge in [-0.2, -0.15) is 0 Å². The van der Waals surface area contributed by atoms with Gasteiger partial charge in [-0.15, -0.1) is 0 Å². The highest BCUT2D eigenvalue weighted by molar-refractivity contribution is 9.10. The van der Waals surface area contributed by atoms with Crippen molar-refractivity contribution in [3.05, 3.63) is 58.3 Å². The van der Waals surface area contributed by atoms with Crippen molar-refractivity contribution in [2.75, 3.05) is 45.6 Å². The zero-order valence-electron chi connectivity index (χ0n) is 18.5. The number of urea groups is 1. The molecule has 1 aliphatic heterocycles. The topological polar surface area (TPSA) is 73.7 Å². The van der Waals surface area contributed by atoms with E-state index in [1.807, 2.05) is 54.4 Å². The fourth-order valence-electron chi connectivity index (χ4n) is 3.86. The van der Waals surface area contributed by atoms with E-state index in [1.165, 1.54) is 0 Å². The Balaban J connectivity index is 1.38. The minimum absolute atomic E-state index is 0.0311. The highest BCUT2D eigenvalue weighted by Gasteiger charge is 2.23. The quantitative estimate of drug-likeness (QED) is 0.598. The summed E-state index contributed by atoms with van der Waals surface area (Å²) in [4.78, 5) is 35.3. The van der Waals surface area contributed by atoms with E-state index >= 15 is 0 Å². The van der Waals surface area contributed by atoms with Crippen LogP contribution in [-0.2, 0) is 13.6 Å². The van der Waals surface area contributed by atoms with Crippen LogP contribution in [-0.4, -0.2) is 76.5 Å². The first-order chi connectivity index (χ1) is 15.3. The van der Waals surface area contributed by atoms with E-state index in [2.05, 4.69) is 30.7 Å². The maximum Gasteiger partial charge on any atom is 0.321 e. The third-order valence-electron chi connectivity index (χ3n) is 5.73. The normalized spacial score (nSPS) is 14.6. The first-order valence-electron chi connectivity index (χ1n) is 10.5. The van der Waals surface area contributed by atoms with E-state index in [4.69, 9.17) is 4.98 Å². The molecule has 9 heteroatoms. The summed E-state index contributed by atoms with van der Waals surface area (Å²) in [5.74, 6) is 0.915. The number of hydrogen-bond acceptors (Lipinski definition) is 4. The summed E-state index contributed by atoms with van der Waals surface area (Å²) >= 11 is 3.42. The molecular formula is C23H27BrN6O2. The summed E-state index contributed by atoms with van der Waals surface area (Å²) in [6, 6.07) is 13.2. The van der Waals surface area contributed by atoms with Gasteiger partial charge < -0.3 is 19.7 Å². The molecule has 0 radical (unpaired) electrons. The number of nitrogens with zero attached hydrogens (tertiary/aromatic N) is 5. The van der Waals surface area contributed by atoms with Crippen LogP contribution < -0.4 is 5.32 Å². The molecule has 2 heterocycles. The van der Waals surface area contributed by atoms with Crippen molar-refractivity contribution in [1.82, 2.24) is 24.3 Å². The lowest BCUT2D eigenvalue weighted by molar-refractivity contribution is 0.0827. The van der Waals surface area contributed by atoms with Crippen LogP contribution in [0.2, 0.25) is 0 Å². The van der Waals surface area contributed by atoms with Crippen LogP contribution in [0.25, 0.3) is 11.0 Å². The molecule has 0 unspecified atom stereocenters. The number of carbonyl (C=O) groups is 2. The number of aryl methyl sites for hydroxylation is 1. The van der Waals surface area contributed by atoms with Gasteiger partial charge in [0.05, 0.1) is 17.6 Å². The summed E-state index contributed by atoms with van der Waals surface area (Å²) in [6.45, 7) is 3.57. The lowest BCUT2D eigenvalue weighted by Crippen LogP contribution is -2.49. The lowest BCUT2D eigenvalue weighted by Gasteiger charge is -2.34. The van der Waals surface area contributed by atoms with Crippen LogP contribution in [0.1, 0.15) is 16.2 Å². The van der Waals surface area contributed by atoms with Gasteiger partial charge in [0.2, 0.25) is 0 Å². The van der Waals surface area contributed by atoms with E-state index in [0.29, 0.717) is 25.2 Å². The lowest BCUT2D eigenvalue weighted by atomic mass is 10.2. The second-order valence-corrected chi connectivity index (χ2v) is 9.11. The molecule has 1 aliphatic rings. The summed E-state index contributed by atoms with van der Waals surface area (Å²) in [6.07, 6.45) is 0. The Labute approximate surface area is 195 Å². The Kier molecular flexibility index (Phi) is 6.48. The Bertz CT molecular complexity index is 1150. The minimum Gasteiger partial charge on any atom is -0.345 e. The predicted molar refractivity (Wildman–Crippen MR) is 129 cm³/mol. The Morgan fingerprint density at radius 2 is 1.84 bits per heavy atom. The fourth-order valence-corrected chi connectivity index (χ4v) is 4.26. The van der Waals surface area contributed by atoms with Crippen molar-refractivity contribution in [3.63, 3.8) is 0 Å². The number of anilines is 1. The molecule has 1 saturated heterocycles. The van der Waals surface area contributed by atoms with E-state index < -0.39 is 0 Å². The maximum atomic E-state index is 12.6. The molecular weight excluding hydrogens is 472 g/mol. The Morgan fingerprint density at radius 1 is 1.09 bits per heavy atom. The third-order valence-corrected chi connectivity index (χ3v) is 6.22. The van der Waals surface area contributed by atoms with Crippen LogP contribution in [0.5, 0.6) is 0 Å². The Morgan fingerprint density at radius 3 is 2.53 bits per heavy atom. The monoisotopic (exact) mass is 498 g/mol. The molecule has 1 N–H and O–H groups in total. The highest BCUT2D eigenvalue weighted by atomic mass is 79.9. The molecule has 4 rings (SSSR count). The van der Waals surface area contributed by atoms with Crippen molar-refractivity contribution in [2.45, 2.75) is 6.54 Å². The second-order valence-electron chi connectivity index (χ2n) is 8.19. The summed E-state index contributed by atoms with van der Waals surface area (Å²) in [5.41, 5.74) is 3.24. The molecule has 0 saturated carbocycles. The third kappa shape index (κ3) is 4.78. The van der Waals surface area contributed by atoms with E-state index in [1.54, 1.807) is 19.0 Å². The van der Waals surface area contributed by atoms with E-state index in [9.17, 15) is 9.59 Å². The smallest absolute Gasteiger partial charge is 0.321 e. The molecule has 168 valence electrons. The molecule has 0 atom stereocenters. The van der Waals surface area contributed by atoms with Gasteiger partial charge in [-0.3, -0.25) is 9.69 Å². The van der Waals surface area contributed by atoms with Gasteiger partial charge in [0.15, 0.2) is 0 Å². The van der Waals surface area contributed by atoms with Crippen molar-refractivity contribution in [1.29, 1.82) is 0 Å². The largest absolute Gasteiger partial charge is 0.345 e. The number of rotatable bonds is 4. The van der Waals surface area contributed by atoms with E-state index in [0.717, 1.165) is 40.1 Å². The van der Waals surface area contributed by atoms with Gasteiger partial charge in [0.25, 0.3) is 5.91 Å². The van der Waals surface area contributed by atoms with Crippen LogP contribution in [0.15, 0.2) is 46.9 Å². The van der Waals surface area contributed by atoms with Crippen LogP contribution >= 0.6 is 15.9 Å². The van der Waals surface area contributed by atoms with Gasteiger partial charge in [-0.25, -0.2) is 9.78 Å². The molecule has 0 spiro atoms. The van der Waals surface area contributed by atoms with Crippen molar-refractivity contribution < 1.29 is 9.59 Å². The number of halogens is 1. The SMILES string of the molecule is CN(C)C(=O)c1ccc2c(c1)nc(CN1CCN(C(=O)Nc3cccc(Br)c3)CC1)n2C. The Hall–Kier alpha value is -2.91. The van der Waals surface area contributed by atoms with Crippen LogP contribution in [0.4, 0.5) is 10.5 Å². The zero-order valence-corrected chi connectivity index (χ0v) is 20.1. The molecule has 32 heavy (non-hydrogen) atoms. The molecule has 0 aliphatic carbocycles. The average molecular weight is 499 g/mol. The predicted octanol–water partition coefficient (Wildman–Crippen LogP) is 3.39. The number of nitrogens with one attached hydrogen (secondary N) is 1. The van der Waals surface area contributed by atoms with Gasteiger partial charge in [-0.05, 0) is 36.4 Å². The number of piperazine rings is 1. The van der Waals surface area contributed by atoms with Crippen LogP contribution in [0.3, 0.4) is 0 Å². The number of benzene rings is 2. The number of aromatic nitrogens is 2. The first-order valence-corrected chi connectivity index (χ1v) is 11.3.